The second kappa shape index (κ2) is 5.07. The van der Waals surface area contributed by atoms with Gasteiger partial charge in [0.25, 0.3) is 5.95 Å². The quantitative estimate of drug-likeness (QED) is 0.803. The molecule has 2 aromatic rings. The fourth-order valence-electron chi connectivity index (χ4n) is 1.24. The third-order valence-corrected chi connectivity index (χ3v) is 2.44. The van der Waals surface area contributed by atoms with Crippen molar-refractivity contribution in [2.45, 2.75) is 6.61 Å². The molecule has 1 aromatic carbocycles. The van der Waals surface area contributed by atoms with Gasteiger partial charge in [-0.2, -0.15) is 4.39 Å². The molecule has 0 N–H and O–H groups in total. The molecular formula is C12H9BrFNO. The molecule has 2 rings (SSSR count). The number of pyridine rings is 1. The summed E-state index contributed by atoms with van der Waals surface area (Å²) in [6, 6.07) is 11.1. The standard InChI is InChI=1S/C12H9BrFNO/c13-10-6-11(12(14)15-7-10)16-8-9-4-2-1-3-5-9/h1-7H,8H2. The van der Waals surface area contributed by atoms with Crippen LogP contribution in [0.5, 0.6) is 5.75 Å². The van der Waals surface area contributed by atoms with Crippen LogP contribution in [0.4, 0.5) is 4.39 Å². The van der Waals surface area contributed by atoms with Crippen LogP contribution in [-0.2, 0) is 6.61 Å². The number of nitrogens with zero attached hydrogens (tertiary/aromatic N) is 1. The molecule has 0 aliphatic heterocycles. The van der Waals surface area contributed by atoms with Crippen molar-refractivity contribution in [3.8, 4) is 5.75 Å². The summed E-state index contributed by atoms with van der Waals surface area (Å²) in [5.74, 6) is -0.447. The van der Waals surface area contributed by atoms with Crippen molar-refractivity contribution in [1.82, 2.24) is 4.98 Å². The highest BCUT2D eigenvalue weighted by Crippen LogP contribution is 2.20. The zero-order chi connectivity index (χ0) is 11.4. The highest BCUT2D eigenvalue weighted by Gasteiger charge is 2.05. The van der Waals surface area contributed by atoms with Crippen molar-refractivity contribution < 1.29 is 9.13 Å². The van der Waals surface area contributed by atoms with E-state index >= 15 is 0 Å². The van der Waals surface area contributed by atoms with Gasteiger partial charge < -0.3 is 4.74 Å². The number of hydrogen-bond donors (Lipinski definition) is 0. The van der Waals surface area contributed by atoms with Gasteiger partial charge in [-0.05, 0) is 21.5 Å². The number of hydrogen-bond acceptors (Lipinski definition) is 2. The zero-order valence-electron chi connectivity index (χ0n) is 8.36. The van der Waals surface area contributed by atoms with E-state index in [9.17, 15) is 4.39 Å². The van der Waals surface area contributed by atoms with Gasteiger partial charge in [-0.25, -0.2) is 4.98 Å². The van der Waals surface area contributed by atoms with Crippen LogP contribution >= 0.6 is 15.9 Å². The minimum atomic E-state index is -0.598. The van der Waals surface area contributed by atoms with E-state index in [-0.39, 0.29) is 5.75 Å². The molecule has 0 bridgehead atoms. The molecule has 0 fully saturated rings. The normalized spacial score (nSPS) is 10.1. The number of rotatable bonds is 3. The summed E-state index contributed by atoms with van der Waals surface area (Å²) in [5.41, 5.74) is 0.988. The smallest absolute Gasteiger partial charge is 0.255 e. The lowest BCUT2D eigenvalue weighted by Crippen LogP contribution is -1.98. The first-order chi connectivity index (χ1) is 7.75. The van der Waals surface area contributed by atoms with Gasteiger partial charge >= 0.3 is 0 Å². The van der Waals surface area contributed by atoms with E-state index in [2.05, 4.69) is 20.9 Å². The van der Waals surface area contributed by atoms with Crippen LogP contribution in [0.15, 0.2) is 47.1 Å². The summed E-state index contributed by atoms with van der Waals surface area (Å²) in [7, 11) is 0. The number of halogens is 2. The van der Waals surface area contributed by atoms with Crippen LogP contribution in [0.2, 0.25) is 0 Å². The summed E-state index contributed by atoms with van der Waals surface area (Å²) < 4.78 is 19.2. The third kappa shape index (κ3) is 2.79. The fraction of sp³-hybridized carbons (Fsp3) is 0.0833. The second-order valence-electron chi connectivity index (χ2n) is 3.22. The molecule has 0 radical (unpaired) electrons. The maximum Gasteiger partial charge on any atom is 0.255 e. The van der Waals surface area contributed by atoms with E-state index in [4.69, 9.17) is 4.74 Å². The average molecular weight is 282 g/mol. The molecule has 4 heteroatoms. The first kappa shape index (κ1) is 11.1. The van der Waals surface area contributed by atoms with Crippen LogP contribution in [0, 0.1) is 5.95 Å². The van der Waals surface area contributed by atoms with Gasteiger partial charge in [0.15, 0.2) is 5.75 Å². The van der Waals surface area contributed by atoms with Crippen LogP contribution in [-0.4, -0.2) is 4.98 Å². The molecule has 2 nitrogen and oxygen atoms in total. The Hall–Kier alpha value is -1.42. The molecule has 0 aliphatic rings. The Morgan fingerprint density at radius 2 is 2.00 bits per heavy atom. The Kier molecular flexibility index (Phi) is 3.51. The molecule has 0 spiro atoms. The predicted octanol–water partition coefficient (Wildman–Crippen LogP) is 3.56. The van der Waals surface area contributed by atoms with Gasteiger partial charge in [0.05, 0.1) is 0 Å². The predicted molar refractivity (Wildman–Crippen MR) is 62.7 cm³/mol. The Morgan fingerprint density at radius 1 is 1.25 bits per heavy atom. The first-order valence-corrected chi connectivity index (χ1v) is 5.53. The SMILES string of the molecule is Fc1ncc(Br)cc1OCc1ccccc1. The lowest BCUT2D eigenvalue weighted by Gasteiger charge is -2.06. The van der Waals surface area contributed by atoms with Crippen LogP contribution in [0.3, 0.4) is 0 Å². The minimum Gasteiger partial charge on any atom is -0.484 e. The van der Waals surface area contributed by atoms with Gasteiger partial charge in [-0.15, -0.1) is 0 Å². The minimum absolute atomic E-state index is 0.151. The number of ether oxygens (including phenoxy) is 1. The molecule has 0 saturated heterocycles. The average Bonchev–Trinajstić information content (AvgIpc) is 2.32. The second-order valence-corrected chi connectivity index (χ2v) is 4.13. The summed E-state index contributed by atoms with van der Waals surface area (Å²) in [5, 5.41) is 0. The van der Waals surface area contributed by atoms with E-state index in [0.717, 1.165) is 5.56 Å². The molecule has 1 aromatic heterocycles. The van der Waals surface area contributed by atoms with Crippen molar-refractivity contribution in [1.29, 1.82) is 0 Å². The van der Waals surface area contributed by atoms with E-state index in [1.807, 2.05) is 30.3 Å². The highest BCUT2D eigenvalue weighted by atomic mass is 79.9. The van der Waals surface area contributed by atoms with Crippen molar-refractivity contribution in [3.05, 3.63) is 58.6 Å². The summed E-state index contributed by atoms with van der Waals surface area (Å²) >= 11 is 3.21. The van der Waals surface area contributed by atoms with Gasteiger partial charge in [0, 0.05) is 16.7 Å². The van der Waals surface area contributed by atoms with E-state index in [0.29, 0.717) is 11.1 Å². The fourth-order valence-corrected chi connectivity index (χ4v) is 1.55. The van der Waals surface area contributed by atoms with E-state index in [1.165, 1.54) is 6.20 Å². The van der Waals surface area contributed by atoms with Gasteiger partial charge in [-0.1, -0.05) is 30.3 Å². The van der Waals surface area contributed by atoms with Gasteiger partial charge in [0.2, 0.25) is 0 Å². The van der Waals surface area contributed by atoms with Crippen LogP contribution < -0.4 is 4.74 Å². The summed E-state index contributed by atoms with van der Waals surface area (Å²) in [4.78, 5) is 3.55. The topological polar surface area (TPSA) is 22.1 Å². The van der Waals surface area contributed by atoms with Gasteiger partial charge in [0.1, 0.15) is 6.61 Å². The molecule has 1 heterocycles. The maximum absolute atomic E-state index is 13.2. The molecule has 16 heavy (non-hydrogen) atoms. The van der Waals surface area contributed by atoms with Crippen molar-refractivity contribution in [2.24, 2.45) is 0 Å². The lowest BCUT2D eigenvalue weighted by molar-refractivity contribution is 0.285. The van der Waals surface area contributed by atoms with Crippen molar-refractivity contribution >= 4 is 15.9 Å². The van der Waals surface area contributed by atoms with Crippen LogP contribution in [0.1, 0.15) is 5.56 Å². The summed E-state index contributed by atoms with van der Waals surface area (Å²) in [6.45, 7) is 0.329. The molecule has 0 amide bonds. The third-order valence-electron chi connectivity index (χ3n) is 2.01. The molecule has 82 valence electrons. The summed E-state index contributed by atoms with van der Waals surface area (Å²) in [6.07, 6.45) is 1.39. The van der Waals surface area contributed by atoms with Crippen molar-refractivity contribution in [3.63, 3.8) is 0 Å². The number of aromatic nitrogens is 1. The monoisotopic (exact) mass is 281 g/mol. The largest absolute Gasteiger partial charge is 0.484 e. The Balaban J connectivity index is 2.08. The Labute approximate surface area is 101 Å². The highest BCUT2D eigenvalue weighted by molar-refractivity contribution is 9.10. The Morgan fingerprint density at radius 3 is 2.75 bits per heavy atom. The van der Waals surface area contributed by atoms with Crippen LogP contribution in [0.25, 0.3) is 0 Å². The zero-order valence-corrected chi connectivity index (χ0v) is 9.95. The van der Waals surface area contributed by atoms with Crippen molar-refractivity contribution in [2.75, 3.05) is 0 Å². The maximum atomic E-state index is 13.2. The molecule has 0 aliphatic carbocycles. The lowest BCUT2D eigenvalue weighted by atomic mass is 10.2. The van der Waals surface area contributed by atoms with E-state index in [1.54, 1.807) is 6.07 Å². The van der Waals surface area contributed by atoms with E-state index < -0.39 is 5.95 Å². The molecular weight excluding hydrogens is 273 g/mol. The molecule has 0 unspecified atom stereocenters. The number of benzene rings is 1. The first-order valence-electron chi connectivity index (χ1n) is 4.73. The molecule has 0 atom stereocenters. The Bertz CT molecular complexity index is 476. The van der Waals surface area contributed by atoms with Gasteiger partial charge in [-0.3, -0.25) is 0 Å². The molecule has 0 saturated carbocycles.